The molecule has 5 heteroatoms. The molecule has 0 fully saturated rings. The standard InChI is InChI=1S/C12H11NO3S/c1-13-7-9(12(15)16-2)8(6-11(13)14)10-4-3-5-17-10/h3-7H,1-2H3. The first kappa shape index (κ1) is 11.6. The molecule has 0 saturated heterocycles. The monoisotopic (exact) mass is 249 g/mol. The second-order valence-corrected chi connectivity index (χ2v) is 4.47. The molecule has 0 amide bonds. The molecule has 0 aliphatic rings. The lowest BCUT2D eigenvalue weighted by Crippen LogP contribution is -2.18. The number of esters is 1. The Kier molecular flexibility index (Phi) is 3.10. The fraction of sp³-hybridized carbons (Fsp3) is 0.167. The molecule has 0 spiro atoms. The van der Waals surface area contributed by atoms with E-state index >= 15 is 0 Å². The van der Waals surface area contributed by atoms with Crippen LogP contribution in [-0.4, -0.2) is 17.6 Å². The fourth-order valence-corrected chi connectivity index (χ4v) is 2.29. The van der Waals surface area contributed by atoms with E-state index in [0.717, 1.165) is 4.88 Å². The van der Waals surface area contributed by atoms with Crippen molar-refractivity contribution in [2.24, 2.45) is 7.05 Å². The molecule has 0 aromatic carbocycles. The van der Waals surface area contributed by atoms with Crippen LogP contribution in [0.4, 0.5) is 0 Å². The predicted octanol–water partition coefficient (Wildman–Crippen LogP) is 1.90. The lowest BCUT2D eigenvalue weighted by molar-refractivity contribution is 0.0600. The van der Waals surface area contributed by atoms with Crippen molar-refractivity contribution in [3.8, 4) is 10.4 Å². The predicted molar refractivity (Wildman–Crippen MR) is 66.3 cm³/mol. The number of pyridine rings is 1. The lowest BCUT2D eigenvalue weighted by Gasteiger charge is -2.07. The third kappa shape index (κ3) is 2.14. The van der Waals surface area contributed by atoms with Gasteiger partial charge in [-0.25, -0.2) is 4.79 Å². The van der Waals surface area contributed by atoms with Gasteiger partial charge in [-0.05, 0) is 11.4 Å². The quantitative estimate of drug-likeness (QED) is 0.764. The van der Waals surface area contributed by atoms with Crippen LogP contribution in [0.5, 0.6) is 0 Å². The zero-order valence-electron chi connectivity index (χ0n) is 9.47. The first-order valence-electron chi connectivity index (χ1n) is 4.96. The van der Waals surface area contributed by atoms with Gasteiger partial charge in [0.25, 0.3) is 5.56 Å². The molecule has 0 N–H and O–H groups in total. The van der Waals surface area contributed by atoms with E-state index in [1.54, 1.807) is 7.05 Å². The number of aryl methyl sites for hydroxylation is 1. The summed E-state index contributed by atoms with van der Waals surface area (Å²) in [5, 5.41) is 1.90. The molecule has 0 unspecified atom stereocenters. The molecule has 2 aromatic rings. The Balaban J connectivity index is 2.68. The highest BCUT2D eigenvalue weighted by Gasteiger charge is 2.15. The smallest absolute Gasteiger partial charge is 0.340 e. The summed E-state index contributed by atoms with van der Waals surface area (Å²) in [6.45, 7) is 0. The summed E-state index contributed by atoms with van der Waals surface area (Å²) in [4.78, 5) is 24.2. The lowest BCUT2D eigenvalue weighted by atomic mass is 10.1. The summed E-state index contributed by atoms with van der Waals surface area (Å²) >= 11 is 1.48. The van der Waals surface area contributed by atoms with Crippen molar-refractivity contribution in [2.45, 2.75) is 0 Å². The molecule has 0 saturated carbocycles. The minimum Gasteiger partial charge on any atom is -0.465 e. The van der Waals surface area contributed by atoms with Crippen molar-refractivity contribution in [3.05, 3.63) is 45.7 Å². The Morgan fingerprint density at radius 2 is 2.24 bits per heavy atom. The number of carbonyl (C=O) groups excluding carboxylic acids is 1. The summed E-state index contributed by atoms with van der Waals surface area (Å²) in [6.07, 6.45) is 1.50. The third-order valence-electron chi connectivity index (χ3n) is 2.42. The highest BCUT2D eigenvalue weighted by molar-refractivity contribution is 7.13. The van der Waals surface area contributed by atoms with Gasteiger partial charge in [0.15, 0.2) is 0 Å². The summed E-state index contributed by atoms with van der Waals surface area (Å²) in [6, 6.07) is 5.20. The maximum absolute atomic E-state index is 11.7. The van der Waals surface area contributed by atoms with Crippen LogP contribution in [0.3, 0.4) is 0 Å². The van der Waals surface area contributed by atoms with Gasteiger partial charge in [0.2, 0.25) is 0 Å². The average Bonchev–Trinajstić information content (AvgIpc) is 2.84. The van der Waals surface area contributed by atoms with E-state index < -0.39 is 5.97 Å². The molecular weight excluding hydrogens is 238 g/mol. The number of thiophene rings is 1. The van der Waals surface area contributed by atoms with Crippen molar-refractivity contribution >= 4 is 17.3 Å². The molecule has 0 radical (unpaired) electrons. The first-order valence-corrected chi connectivity index (χ1v) is 5.84. The Morgan fingerprint density at radius 1 is 1.47 bits per heavy atom. The van der Waals surface area contributed by atoms with E-state index in [0.29, 0.717) is 11.1 Å². The summed E-state index contributed by atoms with van der Waals surface area (Å²) in [5.41, 5.74) is 0.869. The third-order valence-corrected chi connectivity index (χ3v) is 3.32. The second-order valence-electron chi connectivity index (χ2n) is 3.52. The maximum Gasteiger partial charge on any atom is 0.340 e. The van der Waals surface area contributed by atoms with Crippen LogP contribution < -0.4 is 5.56 Å². The summed E-state index contributed by atoms with van der Waals surface area (Å²) in [5.74, 6) is -0.441. The Morgan fingerprint density at radius 3 is 2.82 bits per heavy atom. The van der Waals surface area contributed by atoms with Gasteiger partial charge in [0, 0.05) is 29.8 Å². The van der Waals surface area contributed by atoms with Crippen LogP contribution in [0.2, 0.25) is 0 Å². The molecule has 88 valence electrons. The highest BCUT2D eigenvalue weighted by atomic mass is 32.1. The van der Waals surface area contributed by atoms with Crippen LogP contribution in [0, 0.1) is 0 Å². The van der Waals surface area contributed by atoms with Gasteiger partial charge < -0.3 is 9.30 Å². The zero-order chi connectivity index (χ0) is 12.4. The van der Waals surface area contributed by atoms with E-state index in [1.807, 2.05) is 17.5 Å². The largest absolute Gasteiger partial charge is 0.465 e. The number of ether oxygens (including phenoxy) is 1. The summed E-state index contributed by atoms with van der Waals surface area (Å²) in [7, 11) is 2.93. The number of carbonyl (C=O) groups is 1. The van der Waals surface area contributed by atoms with E-state index in [-0.39, 0.29) is 5.56 Å². The number of aromatic nitrogens is 1. The van der Waals surface area contributed by atoms with Crippen molar-refractivity contribution in [2.75, 3.05) is 7.11 Å². The van der Waals surface area contributed by atoms with Crippen LogP contribution >= 0.6 is 11.3 Å². The van der Waals surface area contributed by atoms with E-state index in [1.165, 1.54) is 35.3 Å². The normalized spacial score (nSPS) is 10.2. The fourth-order valence-electron chi connectivity index (χ4n) is 1.54. The van der Waals surface area contributed by atoms with Crippen molar-refractivity contribution in [1.82, 2.24) is 4.57 Å². The van der Waals surface area contributed by atoms with Crippen LogP contribution in [0.1, 0.15) is 10.4 Å². The Bertz CT molecular complexity index is 599. The van der Waals surface area contributed by atoms with Gasteiger partial charge in [-0.3, -0.25) is 4.79 Å². The number of methoxy groups -OCH3 is 1. The molecular formula is C12H11NO3S. The van der Waals surface area contributed by atoms with Gasteiger partial charge in [0.1, 0.15) is 0 Å². The van der Waals surface area contributed by atoms with E-state index in [4.69, 9.17) is 4.74 Å². The molecule has 2 heterocycles. The molecule has 0 aliphatic heterocycles. The van der Waals surface area contributed by atoms with Gasteiger partial charge in [-0.15, -0.1) is 11.3 Å². The SMILES string of the molecule is COC(=O)c1cn(C)c(=O)cc1-c1cccs1. The van der Waals surface area contributed by atoms with Crippen LogP contribution in [0.15, 0.2) is 34.6 Å². The second kappa shape index (κ2) is 4.55. The molecule has 2 aromatic heterocycles. The molecule has 0 aliphatic carbocycles. The molecule has 4 nitrogen and oxygen atoms in total. The Labute approximate surface area is 102 Å². The number of rotatable bonds is 2. The van der Waals surface area contributed by atoms with E-state index in [2.05, 4.69) is 0 Å². The highest BCUT2D eigenvalue weighted by Crippen LogP contribution is 2.27. The topological polar surface area (TPSA) is 48.3 Å². The maximum atomic E-state index is 11.7. The molecule has 17 heavy (non-hydrogen) atoms. The van der Waals surface area contributed by atoms with Crippen molar-refractivity contribution in [1.29, 1.82) is 0 Å². The first-order chi connectivity index (χ1) is 8.13. The summed E-state index contributed by atoms with van der Waals surface area (Å²) < 4.78 is 6.08. The van der Waals surface area contributed by atoms with Gasteiger partial charge >= 0.3 is 5.97 Å². The van der Waals surface area contributed by atoms with Crippen molar-refractivity contribution in [3.63, 3.8) is 0 Å². The van der Waals surface area contributed by atoms with Gasteiger partial charge in [0.05, 0.1) is 12.7 Å². The zero-order valence-corrected chi connectivity index (χ0v) is 10.3. The molecule has 2 rings (SSSR count). The van der Waals surface area contributed by atoms with E-state index in [9.17, 15) is 9.59 Å². The van der Waals surface area contributed by atoms with Crippen LogP contribution in [-0.2, 0) is 11.8 Å². The molecule has 0 bridgehead atoms. The number of hydrogen-bond donors (Lipinski definition) is 0. The molecule has 0 atom stereocenters. The van der Waals surface area contributed by atoms with Crippen LogP contribution in [0.25, 0.3) is 10.4 Å². The average molecular weight is 249 g/mol. The minimum atomic E-state index is -0.441. The number of hydrogen-bond acceptors (Lipinski definition) is 4. The Hall–Kier alpha value is -1.88. The van der Waals surface area contributed by atoms with Gasteiger partial charge in [-0.2, -0.15) is 0 Å². The number of nitrogens with zero attached hydrogens (tertiary/aromatic N) is 1. The van der Waals surface area contributed by atoms with Gasteiger partial charge in [-0.1, -0.05) is 6.07 Å². The minimum absolute atomic E-state index is 0.152. The van der Waals surface area contributed by atoms with Crippen molar-refractivity contribution < 1.29 is 9.53 Å².